The van der Waals surface area contributed by atoms with Crippen LogP contribution in [0.1, 0.15) is 46.0 Å². The van der Waals surface area contributed by atoms with Gasteiger partial charge in [-0.1, -0.05) is 0 Å². The Bertz CT molecular complexity index is 268. The molecule has 0 radical (unpaired) electrons. The number of esters is 1. The Balaban J connectivity index is 1.59. The largest absolute Gasteiger partial charge is 0.463 e. The van der Waals surface area contributed by atoms with Gasteiger partial charge in [0.25, 0.3) is 0 Å². The molecule has 18 heavy (non-hydrogen) atoms. The number of carbonyl (C=O) groups excluding carboxylic acids is 1. The molecule has 4 nitrogen and oxygen atoms in total. The molecule has 2 atom stereocenters. The summed E-state index contributed by atoms with van der Waals surface area (Å²) in [6.07, 6.45) is 5.60. The highest BCUT2D eigenvalue weighted by atomic mass is 16.6. The zero-order valence-corrected chi connectivity index (χ0v) is 11.5. The van der Waals surface area contributed by atoms with Gasteiger partial charge in [-0.15, -0.1) is 0 Å². The molecule has 2 aliphatic rings. The van der Waals surface area contributed by atoms with Crippen molar-refractivity contribution in [1.29, 1.82) is 0 Å². The maximum absolute atomic E-state index is 11.7. The zero-order valence-electron chi connectivity index (χ0n) is 11.5. The van der Waals surface area contributed by atoms with Crippen molar-refractivity contribution < 1.29 is 14.3 Å². The highest BCUT2D eigenvalue weighted by molar-refractivity contribution is 5.69. The molecular formula is C14H25NO3. The van der Waals surface area contributed by atoms with E-state index >= 15 is 0 Å². The lowest BCUT2D eigenvalue weighted by Crippen LogP contribution is -2.38. The Kier molecular flexibility index (Phi) is 5.01. The summed E-state index contributed by atoms with van der Waals surface area (Å²) in [6.45, 7) is 4.84. The third-order valence-corrected chi connectivity index (χ3v) is 3.82. The van der Waals surface area contributed by atoms with E-state index in [0.29, 0.717) is 37.6 Å². The molecule has 0 aromatic heterocycles. The predicted octanol–water partition coefficient (Wildman–Crippen LogP) is 1.88. The number of piperidine rings is 1. The Labute approximate surface area is 109 Å². The van der Waals surface area contributed by atoms with Crippen molar-refractivity contribution in [3.8, 4) is 0 Å². The minimum absolute atomic E-state index is 0.0614. The van der Waals surface area contributed by atoms with Crippen molar-refractivity contribution in [1.82, 2.24) is 5.32 Å². The molecule has 0 saturated carbocycles. The Hall–Kier alpha value is -0.610. The zero-order chi connectivity index (χ0) is 13.0. The van der Waals surface area contributed by atoms with Gasteiger partial charge in [0.15, 0.2) is 0 Å². The van der Waals surface area contributed by atoms with E-state index in [1.165, 1.54) is 12.8 Å². The summed E-state index contributed by atoms with van der Waals surface area (Å²) < 4.78 is 10.5. The number of nitrogens with one attached hydrogen (secondary N) is 1. The van der Waals surface area contributed by atoms with E-state index in [-0.39, 0.29) is 12.1 Å². The van der Waals surface area contributed by atoms with E-state index in [2.05, 4.69) is 5.32 Å². The summed E-state index contributed by atoms with van der Waals surface area (Å²) in [6, 6.07) is 1.29. The van der Waals surface area contributed by atoms with Crippen LogP contribution in [-0.4, -0.2) is 37.4 Å². The monoisotopic (exact) mass is 255 g/mol. The second kappa shape index (κ2) is 6.53. The van der Waals surface area contributed by atoms with Crippen molar-refractivity contribution in [3.63, 3.8) is 0 Å². The second-order valence-electron chi connectivity index (χ2n) is 5.82. The van der Waals surface area contributed by atoms with Crippen LogP contribution in [0.15, 0.2) is 0 Å². The molecule has 2 saturated heterocycles. The highest BCUT2D eigenvalue weighted by Crippen LogP contribution is 2.32. The first kappa shape index (κ1) is 13.8. The van der Waals surface area contributed by atoms with Gasteiger partial charge in [0.1, 0.15) is 6.61 Å². The first-order valence-corrected chi connectivity index (χ1v) is 7.16. The van der Waals surface area contributed by atoms with Crippen molar-refractivity contribution in [2.45, 2.75) is 64.1 Å². The predicted molar refractivity (Wildman–Crippen MR) is 69.3 cm³/mol. The van der Waals surface area contributed by atoms with Crippen molar-refractivity contribution in [2.75, 3.05) is 13.2 Å². The maximum atomic E-state index is 11.7. The molecule has 4 heteroatoms. The third-order valence-electron chi connectivity index (χ3n) is 3.82. The number of fused-ring (bicyclic) bond motifs is 2. The summed E-state index contributed by atoms with van der Waals surface area (Å²) in [7, 11) is 0. The first-order valence-electron chi connectivity index (χ1n) is 7.16. The normalized spacial score (nSPS) is 30.7. The number of rotatable bonds is 6. The topological polar surface area (TPSA) is 47.6 Å². The van der Waals surface area contributed by atoms with E-state index in [1.54, 1.807) is 0 Å². The van der Waals surface area contributed by atoms with Gasteiger partial charge in [-0.25, -0.2) is 0 Å². The van der Waals surface area contributed by atoms with Crippen LogP contribution >= 0.6 is 0 Å². The standard InChI is InChI=1S/C14H25NO3/c1-10(2)17-5-6-18-14(16)9-11-7-12-3-4-13(8-11)15-12/h10-13,15H,3-9H2,1-2H3. The fourth-order valence-corrected chi connectivity index (χ4v) is 3.08. The second-order valence-corrected chi connectivity index (χ2v) is 5.82. The van der Waals surface area contributed by atoms with Crippen LogP contribution in [0.3, 0.4) is 0 Å². The third kappa shape index (κ3) is 4.25. The van der Waals surface area contributed by atoms with E-state index in [1.807, 2.05) is 13.8 Å². The van der Waals surface area contributed by atoms with Gasteiger partial charge < -0.3 is 14.8 Å². The molecule has 2 bridgehead atoms. The SMILES string of the molecule is CC(C)OCCOC(=O)CC1CC2CCC(C1)N2. The van der Waals surface area contributed by atoms with Crippen molar-refractivity contribution >= 4 is 5.97 Å². The molecule has 2 fully saturated rings. The lowest BCUT2D eigenvalue weighted by atomic mass is 9.90. The first-order chi connectivity index (χ1) is 8.63. The van der Waals surface area contributed by atoms with E-state index in [4.69, 9.17) is 9.47 Å². The summed E-state index contributed by atoms with van der Waals surface area (Å²) >= 11 is 0. The molecule has 1 N–H and O–H groups in total. The van der Waals surface area contributed by atoms with Crippen LogP contribution in [0.5, 0.6) is 0 Å². The van der Waals surface area contributed by atoms with Crippen LogP contribution in [0.25, 0.3) is 0 Å². The average molecular weight is 255 g/mol. The van der Waals surface area contributed by atoms with E-state index < -0.39 is 0 Å². The Morgan fingerprint density at radius 1 is 1.22 bits per heavy atom. The fraction of sp³-hybridized carbons (Fsp3) is 0.929. The lowest BCUT2D eigenvalue weighted by molar-refractivity contribution is -0.147. The lowest BCUT2D eigenvalue weighted by Gasteiger charge is -2.28. The van der Waals surface area contributed by atoms with Crippen LogP contribution in [0, 0.1) is 5.92 Å². The van der Waals surface area contributed by atoms with Gasteiger partial charge in [0.05, 0.1) is 12.7 Å². The molecule has 2 rings (SSSR count). The summed E-state index contributed by atoms with van der Waals surface area (Å²) in [5.41, 5.74) is 0. The number of carbonyl (C=O) groups is 1. The van der Waals surface area contributed by atoms with Crippen LogP contribution in [0.2, 0.25) is 0 Å². The Morgan fingerprint density at radius 2 is 1.89 bits per heavy atom. The molecule has 2 unspecified atom stereocenters. The molecule has 0 aromatic carbocycles. The maximum Gasteiger partial charge on any atom is 0.306 e. The molecule has 104 valence electrons. The molecule has 0 amide bonds. The van der Waals surface area contributed by atoms with Gasteiger partial charge in [-0.2, -0.15) is 0 Å². The van der Waals surface area contributed by atoms with Gasteiger partial charge >= 0.3 is 5.97 Å². The summed E-state index contributed by atoms with van der Waals surface area (Å²) in [5, 5.41) is 3.59. The quantitative estimate of drug-likeness (QED) is 0.581. The number of ether oxygens (including phenoxy) is 2. The number of hydrogen-bond acceptors (Lipinski definition) is 4. The van der Waals surface area contributed by atoms with Crippen LogP contribution in [-0.2, 0) is 14.3 Å². The van der Waals surface area contributed by atoms with E-state index in [0.717, 1.165) is 12.8 Å². The molecule has 0 aliphatic carbocycles. The summed E-state index contributed by atoms with van der Waals surface area (Å²) in [4.78, 5) is 11.7. The highest BCUT2D eigenvalue weighted by Gasteiger charge is 2.34. The average Bonchev–Trinajstić information content (AvgIpc) is 2.64. The molecule has 2 aliphatic heterocycles. The van der Waals surface area contributed by atoms with Crippen LogP contribution < -0.4 is 5.32 Å². The van der Waals surface area contributed by atoms with Gasteiger partial charge in [0, 0.05) is 18.5 Å². The molecule has 0 spiro atoms. The van der Waals surface area contributed by atoms with Gasteiger partial charge in [-0.3, -0.25) is 4.79 Å². The van der Waals surface area contributed by atoms with Gasteiger partial charge in [-0.05, 0) is 45.4 Å². The van der Waals surface area contributed by atoms with Crippen molar-refractivity contribution in [2.24, 2.45) is 5.92 Å². The van der Waals surface area contributed by atoms with Crippen molar-refractivity contribution in [3.05, 3.63) is 0 Å². The minimum Gasteiger partial charge on any atom is -0.463 e. The van der Waals surface area contributed by atoms with Gasteiger partial charge in [0.2, 0.25) is 0 Å². The Morgan fingerprint density at radius 3 is 2.50 bits per heavy atom. The minimum atomic E-state index is -0.0614. The summed E-state index contributed by atoms with van der Waals surface area (Å²) in [5.74, 6) is 0.455. The molecule has 2 heterocycles. The van der Waals surface area contributed by atoms with Crippen LogP contribution in [0.4, 0.5) is 0 Å². The van der Waals surface area contributed by atoms with E-state index in [9.17, 15) is 4.79 Å². The number of hydrogen-bond donors (Lipinski definition) is 1. The fourth-order valence-electron chi connectivity index (χ4n) is 3.08. The smallest absolute Gasteiger partial charge is 0.306 e. The molecular weight excluding hydrogens is 230 g/mol. The molecule has 0 aromatic rings.